The van der Waals surface area contributed by atoms with Crippen LogP contribution in [0.15, 0.2) is 74.0 Å². The maximum absolute atomic E-state index is 12.7. The lowest BCUT2D eigenvalue weighted by atomic mass is 9.85. The largest absolute Gasteiger partial charge is 0.480 e. The van der Waals surface area contributed by atoms with E-state index in [-0.39, 0.29) is 81.3 Å². The minimum absolute atomic E-state index is 0. The number of hydrogen-bond acceptors (Lipinski definition) is 23. The molecule has 7 N–H and O–H groups in total. The Hall–Kier alpha value is -8.98. The molecule has 10 heterocycles. The normalized spacial score (nSPS) is 20.2. The number of carbonyl (C=O) groups is 3. The number of fused-ring (bicyclic) bond motifs is 3. The lowest BCUT2D eigenvalue weighted by Crippen LogP contribution is -2.42. The van der Waals surface area contributed by atoms with Crippen molar-refractivity contribution >= 4 is 52.2 Å². The standard InChI is InChI=1S/C25H35N7O4.C23H32N6O4.C21H28N6O4.CH4/c1-17(16-35-2)28-25-26-13-23-21(11-22(32(23)29-25)18-3-5-20(33)6-4-18)19-12-27-31(14-19)15-24(34)30-7-9-36-10-8-30;1-4-33-22(31)13-28-12-17(10-25-28)19-9-20(16-5-7-18(30)8-6-16)29-21(19)11-24-23(27-29)26-15(2)14-32-3;1-13(12-31-2)24-21-22-9-19-17(15-8-23-26(10-15)11-20(29)30)7-18(27(19)25-21)14-3-5-16(28)6-4-14;/h11-14,17-18,20,33H,3-10,15-16H2,1-2H3,(H,28,29);9-12,15-16,18,30H,4-8,13-14H2,1-3H3,(H,26,27);7-10,13-14,16,28H,3-6,11-12H2,1-2H3,(H,24,25)(H,29,30);1H4/t17-,18?,20?;15-,16?,18?;13-,14?,16?;/m000./s1. The Morgan fingerprint density at radius 3 is 1.18 bits per heavy atom. The van der Waals surface area contributed by atoms with Gasteiger partial charge in [-0.05, 0) is 123 Å². The molecule has 1 aliphatic heterocycles. The second-order valence-electron chi connectivity index (χ2n) is 26.6. The maximum atomic E-state index is 12.7. The van der Waals surface area contributed by atoms with Crippen molar-refractivity contribution in [2.45, 2.75) is 186 Å². The van der Waals surface area contributed by atoms with Gasteiger partial charge in [-0.25, -0.2) is 28.5 Å². The van der Waals surface area contributed by atoms with Crippen LogP contribution in [-0.2, 0) is 57.7 Å². The highest BCUT2D eigenvalue weighted by Crippen LogP contribution is 2.41. The van der Waals surface area contributed by atoms with Gasteiger partial charge in [-0.1, -0.05) is 7.43 Å². The maximum Gasteiger partial charge on any atom is 0.327 e. The quantitative estimate of drug-likeness (QED) is 0.0275. The number of nitrogens with zero attached hydrogens (tertiary/aromatic N) is 16. The van der Waals surface area contributed by atoms with Crippen LogP contribution in [0.4, 0.5) is 17.8 Å². The molecule has 0 bridgehead atoms. The average molecular weight is 1400 g/mol. The van der Waals surface area contributed by atoms with Crippen LogP contribution in [0.25, 0.3) is 49.9 Å². The SMILES string of the molecule is C.CCOC(=O)Cn1cc(-c2cc(C3CCC(O)CC3)n3nc(N[C@@H](C)COC)ncc23)cn1.COC[C@H](C)Nc1ncc2c(-c3cnn(CC(=O)N4CCOCC4)c3)cc(C3CCC(O)CC3)n2n1.COC[C@H](C)Nc1ncc2c(-c3cnn(CC(=O)O)c3)cc(C3CCC(O)CC3)n2n1. The van der Waals surface area contributed by atoms with Gasteiger partial charge in [-0.3, -0.25) is 28.4 Å². The summed E-state index contributed by atoms with van der Waals surface area (Å²) in [6.07, 6.45) is 25.5. The number of aliphatic hydroxyl groups excluding tert-OH is 3. The summed E-state index contributed by atoms with van der Waals surface area (Å²) in [4.78, 5) is 50.9. The molecule has 3 aliphatic carbocycles. The number of carboxylic acid groups (broad SMARTS) is 1. The number of anilines is 3. The number of methoxy groups -OCH3 is 3. The number of ether oxygens (including phenoxy) is 5. The molecule has 546 valence electrons. The van der Waals surface area contributed by atoms with Crippen LogP contribution in [0.3, 0.4) is 0 Å². The molecule has 31 nitrogen and oxygen atoms in total. The second-order valence-corrected chi connectivity index (χ2v) is 26.6. The number of carboxylic acids is 1. The van der Waals surface area contributed by atoms with E-state index in [4.69, 9.17) is 44.1 Å². The Labute approximate surface area is 586 Å². The number of aliphatic carboxylic acids is 1. The molecule has 9 aromatic heterocycles. The summed E-state index contributed by atoms with van der Waals surface area (Å²) in [7, 11) is 4.99. The highest BCUT2D eigenvalue weighted by molar-refractivity contribution is 5.84. The van der Waals surface area contributed by atoms with Crippen molar-refractivity contribution in [3.05, 3.63) is 91.1 Å². The molecule has 3 atom stereocenters. The summed E-state index contributed by atoms with van der Waals surface area (Å²) >= 11 is 0. The summed E-state index contributed by atoms with van der Waals surface area (Å²) in [6, 6.07) is 6.59. The zero-order chi connectivity index (χ0) is 70.4. The van der Waals surface area contributed by atoms with Crippen LogP contribution >= 0.6 is 0 Å². The monoisotopic (exact) mass is 1400 g/mol. The van der Waals surface area contributed by atoms with Crippen LogP contribution in [0.2, 0.25) is 0 Å². The smallest absolute Gasteiger partial charge is 0.327 e. The predicted molar refractivity (Wildman–Crippen MR) is 378 cm³/mol. The predicted octanol–water partition coefficient (Wildman–Crippen LogP) is 7.32. The summed E-state index contributed by atoms with van der Waals surface area (Å²) in [5.41, 5.74) is 11.3. The van der Waals surface area contributed by atoms with Crippen LogP contribution in [0, 0.1) is 0 Å². The van der Waals surface area contributed by atoms with Gasteiger partial charge >= 0.3 is 11.9 Å². The van der Waals surface area contributed by atoms with E-state index < -0.39 is 5.97 Å². The number of carbonyl (C=O) groups excluding carboxylic acids is 2. The van der Waals surface area contributed by atoms with Crippen molar-refractivity contribution in [2.24, 2.45) is 0 Å². The van der Waals surface area contributed by atoms with Gasteiger partial charge in [0, 0.05) is 139 Å². The molecule has 31 heteroatoms. The van der Waals surface area contributed by atoms with Crippen molar-refractivity contribution in [2.75, 3.05) is 90.0 Å². The van der Waals surface area contributed by atoms with E-state index in [1.165, 1.54) is 4.68 Å². The van der Waals surface area contributed by atoms with Crippen molar-refractivity contribution in [3.63, 3.8) is 0 Å². The molecule has 13 rings (SSSR count). The number of aromatic nitrogens is 15. The number of rotatable bonds is 25. The van der Waals surface area contributed by atoms with Crippen molar-refractivity contribution < 1.29 is 58.5 Å². The lowest BCUT2D eigenvalue weighted by Gasteiger charge is -2.26. The Bertz CT molecular complexity index is 4150. The van der Waals surface area contributed by atoms with E-state index in [0.717, 1.165) is 144 Å². The summed E-state index contributed by atoms with van der Waals surface area (Å²) in [5.74, 6) is 1.23. The Morgan fingerprint density at radius 1 is 0.515 bits per heavy atom. The zero-order valence-corrected chi connectivity index (χ0v) is 58.1. The molecule has 4 fully saturated rings. The molecule has 1 saturated heterocycles. The third-order valence-electron chi connectivity index (χ3n) is 18.7. The van der Waals surface area contributed by atoms with Gasteiger partial charge in [0.25, 0.3) is 0 Å². The van der Waals surface area contributed by atoms with Gasteiger partial charge < -0.3 is 65.0 Å². The number of esters is 1. The Kier molecular flexibility index (Phi) is 25.9. The van der Waals surface area contributed by atoms with E-state index in [9.17, 15) is 29.7 Å². The van der Waals surface area contributed by atoms with Crippen LogP contribution in [-0.4, -0.2) is 227 Å². The summed E-state index contributed by atoms with van der Waals surface area (Å²) in [6.45, 7) is 12.2. The molecule has 3 saturated carbocycles. The van der Waals surface area contributed by atoms with Gasteiger partial charge in [0.15, 0.2) is 0 Å². The van der Waals surface area contributed by atoms with Gasteiger partial charge in [0.2, 0.25) is 23.8 Å². The third-order valence-corrected chi connectivity index (χ3v) is 18.7. The fourth-order valence-electron chi connectivity index (χ4n) is 13.8. The average Bonchev–Trinajstić information content (AvgIpc) is 1.63. The first-order valence-electron chi connectivity index (χ1n) is 34.7. The van der Waals surface area contributed by atoms with E-state index in [1.54, 1.807) is 68.6 Å². The first-order valence-corrected chi connectivity index (χ1v) is 34.7. The third kappa shape index (κ3) is 19.0. The van der Waals surface area contributed by atoms with E-state index in [1.807, 2.05) is 64.0 Å². The number of hydrogen-bond donors (Lipinski definition) is 7. The molecule has 1 amide bonds. The van der Waals surface area contributed by atoms with E-state index in [2.05, 4.69) is 64.4 Å². The van der Waals surface area contributed by atoms with Crippen molar-refractivity contribution in [3.8, 4) is 33.4 Å². The number of morpholine rings is 1. The molecule has 0 spiro atoms. The molecular formula is C70H99N19O12. The van der Waals surface area contributed by atoms with Crippen LogP contribution < -0.4 is 16.0 Å². The first-order chi connectivity index (χ1) is 48.4. The molecule has 9 aromatic rings. The van der Waals surface area contributed by atoms with Gasteiger partial charge in [0.05, 0.1) is 112 Å². The van der Waals surface area contributed by atoms with E-state index >= 15 is 0 Å². The Morgan fingerprint density at radius 2 is 0.851 bits per heavy atom. The van der Waals surface area contributed by atoms with Gasteiger partial charge in [-0.2, -0.15) is 15.3 Å². The number of aliphatic hydroxyl groups is 3. The van der Waals surface area contributed by atoms with E-state index in [0.29, 0.717) is 82.4 Å². The summed E-state index contributed by atoms with van der Waals surface area (Å²) in [5, 5.41) is 76.2. The second kappa shape index (κ2) is 35.1. The highest BCUT2D eigenvalue weighted by atomic mass is 16.5. The van der Waals surface area contributed by atoms with Crippen LogP contribution in [0.1, 0.15) is 147 Å². The molecule has 0 aromatic carbocycles. The topological polar surface area (TPSA) is 362 Å². The van der Waals surface area contributed by atoms with Crippen LogP contribution in [0.5, 0.6) is 0 Å². The summed E-state index contributed by atoms with van der Waals surface area (Å²) < 4.78 is 36.5. The fraction of sp³-hybridized carbons (Fsp3) is 0.571. The zero-order valence-electron chi connectivity index (χ0n) is 58.1. The first kappa shape index (κ1) is 74.7. The van der Waals surface area contributed by atoms with Gasteiger partial charge in [0.1, 0.15) is 19.6 Å². The number of nitrogens with one attached hydrogen (secondary N) is 3. The van der Waals surface area contributed by atoms with Crippen molar-refractivity contribution in [1.82, 2.24) is 78.0 Å². The lowest BCUT2D eigenvalue weighted by molar-refractivity contribution is -0.144. The van der Waals surface area contributed by atoms with Crippen molar-refractivity contribution in [1.29, 1.82) is 0 Å². The van der Waals surface area contributed by atoms with Gasteiger partial charge in [-0.15, -0.1) is 15.3 Å². The fourth-order valence-corrected chi connectivity index (χ4v) is 13.8. The Balaban J connectivity index is 0.000000163. The molecule has 0 unspecified atom stereocenters. The molecular weight excluding hydrogens is 1300 g/mol. The molecule has 4 aliphatic rings. The highest BCUT2D eigenvalue weighted by Gasteiger charge is 2.30. The minimum Gasteiger partial charge on any atom is -0.480 e. The minimum atomic E-state index is -0.943. The molecule has 0 radical (unpaired) electrons. The number of amides is 1. The molecule has 101 heavy (non-hydrogen) atoms.